The summed E-state index contributed by atoms with van der Waals surface area (Å²) in [6.07, 6.45) is 1.99. The molecule has 0 saturated heterocycles. The molecule has 29 heavy (non-hydrogen) atoms. The van der Waals surface area contributed by atoms with E-state index in [0.29, 0.717) is 0 Å². The Morgan fingerprint density at radius 2 is 1.38 bits per heavy atom. The van der Waals surface area contributed by atoms with Gasteiger partial charge in [-0.3, -0.25) is 25.0 Å². The number of nitro benzene ring substituents is 2. The average Bonchev–Trinajstić information content (AvgIpc) is 2.66. The standard InChI is InChI=1S/C16H6F2N6O5/c17-9-3-11-7(1-13(9)23(26)27)15(20-5-19-11)22-6-21-12-4-10(18)14(24(28)29)2-8(12)16(22)25/h1-6H. The molecule has 0 spiro atoms. The Morgan fingerprint density at radius 3 is 1.97 bits per heavy atom. The van der Waals surface area contributed by atoms with Gasteiger partial charge in [-0.1, -0.05) is 0 Å². The highest BCUT2D eigenvalue weighted by Gasteiger charge is 2.21. The molecule has 4 rings (SSSR count). The Morgan fingerprint density at radius 1 is 0.828 bits per heavy atom. The van der Waals surface area contributed by atoms with Gasteiger partial charge in [-0.2, -0.15) is 8.78 Å². The largest absolute Gasteiger partial charge is 0.305 e. The van der Waals surface area contributed by atoms with E-state index in [1.807, 2.05) is 0 Å². The maximum absolute atomic E-state index is 13.9. The number of aromatic nitrogens is 4. The third-order valence-electron chi connectivity index (χ3n) is 4.13. The molecule has 0 fully saturated rings. The molecule has 144 valence electrons. The quantitative estimate of drug-likeness (QED) is 0.376. The molecule has 0 saturated carbocycles. The number of fused-ring (bicyclic) bond motifs is 2. The fourth-order valence-corrected chi connectivity index (χ4v) is 2.81. The monoisotopic (exact) mass is 400 g/mol. The second kappa shape index (κ2) is 6.33. The fourth-order valence-electron chi connectivity index (χ4n) is 2.81. The lowest BCUT2D eigenvalue weighted by Gasteiger charge is -2.09. The summed E-state index contributed by atoms with van der Waals surface area (Å²) in [5, 5.41) is 21.7. The Bertz CT molecular complexity index is 1420. The second-order valence-corrected chi connectivity index (χ2v) is 5.77. The van der Waals surface area contributed by atoms with Gasteiger partial charge in [0.05, 0.1) is 31.7 Å². The van der Waals surface area contributed by atoms with Gasteiger partial charge in [-0.05, 0) is 0 Å². The SMILES string of the molecule is O=c1c2cc([N+](=O)[O-])c(F)cc2ncn1-c1ncnc2cc(F)c([N+](=O)[O-])cc12. The van der Waals surface area contributed by atoms with Crippen molar-refractivity contribution >= 4 is 33.2 Å². The Balaban J connectivity index is 2.05. The first-order valence-corrected chi connectivity index (χ1v) is 7.72. The summed E-state index contributed by atoms with van der Waals surface area (Å²) in [6, 6.07) is 3.17. The Kier molecular flexibility index (Phi) is 3.92. The number of hydrogen-bond donors (Lipinski definition) is 0. The molecular weight excluding hydrogens is 394 g/mol. The van der Waals surface area contributed by atoms with Crippen LogP contribution in [-0.2, 0) is 0 Å². The average molecular weight is 400 g/mol. The van der Waals surface area contributed by atoms with Crippen LogP contribution >= 0.6 is 0 Å². The Labute approximate surface area is 157 Å². The first-order chi connectivity index (χ1) is 13.8. The van der Waals surface area contributed by atoms with E-state index in [2.05, 4.69) is 15.0 Å². The van der Waals surface area contributed by atoms with Crippen molar-refractivity contribution in [1.29, 1.82) is 0 Å². The fraction of sp³-hybridized carbons (Fsp3) is 0. The maximum Gasteiger partial charge on any atom is 0.305 e. The van der Waals surface area contributed by atoms with Gasteiger partial charge >= 0.3 is 11.4 Å². The summed E-state index contributed by atoms with van der Waals surface area (Å²) < 4.78 is 28.5. The van der Waals surface area contributed by atoms with Gasteiger partial charge in [-0.15, -0.1) is 0 Å². The third-order valence-corrected chi connectivity index (χ3v) is 4.13. The van der Waals surface area contributed by atoms with Crippen molar-refractivity contribution in [2.75, 3.05) is 0 Å². The van der Waals surface area contributed by atoms with E-state index < -0.39 is 38.4 Å². The molecule has 0 aliphatic carbocycles. The first kappa shape index (κ1) is 18.0. The van der Waals surface area contributed by atoms with Crippen molar-refractivity contribution in [2.24, 2.45) is 0 Å². The summed E-state index contributed by atoms with van der Waals surface area (Å²) in [5.41, 5.74) is -2.77. The minimum Gasteiger partial charge on any atom is -0.268 e. The summed E-state index contributed by atoms with van der Waals surface area (Å²) in [7, 11) is 0. The predicted molar refractivity (Wildman–Crippen MR) is 93.7 cm³/mol. The maximum atomic E-state index is 13.9. The normalized spacial score (nSPS) is 11.1. The van der Waals surface area contributed by atoms with Crippen molar-refractivity contribution in [1.82, 2.24) is 19.5 Å². The lowest BCUT2D eigenvalue weighted by molar-refractivity contribution is -0.387. The number of nitro groups is 2. The molecular formula is C16H6F2N6O5. The molecule has 4 aromatic rings. The molecule has 0 aliphatic heterocycles. The van der Waals surface area contributed by atoms with Crippen LogP contribution in [0.5, 0.6) is 0 Å². The van der Waals surface area contributed by atoms with Crippen molar-refractivity contribution in [2.45, 2.75) is 0 Å². The molecule has 11 nitrogen and oxygen atoms in total. The molecule has 0 unspecified atom stereocenters. The molecule has 0 aliphatic rings. The zero-order valence-corrected chi connectivity index (χ0v) is 13.9. The topological polar surface area (TPSA) is 147 Å². The van der Waals surface area contributed by atoms with Gasteiger partial charge in [0, 0.05) is 24.3 Å². The molecule has 2 aromatic heterocycles. The van der Waals surface area contributed by atoms with Crippen molar-refractivity contribution < 1.29 is 18.6 Å². The zero-order chi connectivity index (χ0) is 20.9. The number of rotatable bonds is 3. The second-order valence-electron chi connectivity index (χ2n) is 5.77. The van der Waals surface area contributed by atoms with E-state index in [1.54, 1.807) is 0 Å². The number of nitrogens with zero attached hydrogens (tertiary/aromatic N) is 6. The summed E-state index contributed by atoms with van der Waals surface area (Å²) >= 11 is 0. The van der Waals surface area contributed by atoms with Crippen molar-refractivity contribution in [3.8, 4) is 5.82 Å². The van der Waals surface area contributed by atoms with Gasteiger partial charge in [0.1, 0.15) is 12.7 Å². The van der Waals surface area contributed by atoms with Gasteiger partial charge in [0.25, 0.3) is 5.56 Å². The number of halogens is 2. The van der Waals surface area contributed by atoms with Crippen LogP contribution in [0.3, 0.4) is 0 Å². The highest BCUT2D eigenvalue weighted by Crippen LogP contribution is 2.27. The molecule has 0 radical (unpaired) electrons. The first-order valence-electron chi connectivity index (χ1n) is 7.72. The number of hydrogen-bond acceptors (Lipinski definition) is 8. The lowest BCUT2D eigenvalue weighted by atomic mass is 10.2. The van der Waals surface area contributed by atoms with Crippen LogP contribution in [0.4, 0.5) is 20.2 Å². The van der Waals surface area contributed by atoms with Crippen molar-refractivity contribution in [3.05, 3.63) is 79.1 Å². The van der Waals surface area contributed by atoms with Crippen LogP contribution in [0.15, 0.2) is 41.7 Å². The number of benzene rings is 2. The summed E-state index contributed by atoms with van der Waals surface area (Å²) in [6.45, 7) is 0. The van der Waals surface area contributed by atoms with E-state index in [0.717, 1.165) is 41.5 Å². The third kappa shape index (κ3) is 2.80. The van der Waals surface area contributed by atoms with Crippen LogP contribution in [0, 0.1) is 31.9 Å². The molecule has 0 N–H and O–H groups in total. The van der Waals surface area contributed by atoms with E-state index in [4.69, 9.17) is 0 Å². The predicted octanol–water partition coefficient (Wildman–Crippen LogP) is 2.42. The molecule has 0 amide bonds. The van der Waals surface area contributed by atoms with Crippen LogP contribution in [0.1, 0.15) is 0 Å². The molecule has 0 atom stereocenters. The summed E-state index contributed by atoms with van der Waals surface area (Å²) in [5.74, 6) is -2.45. The van der Waals surface area contributed by atoms with Crippen LogP contribution in [0.25, 0.3) is 27.6 Å². The zero-order valence-electron chi connectivity index (χ0n) is 13.9. The van der Waals surface area contributed by atoms with Crippen LogP contribution < -0.4 is 5.56 Å². The molecule has 0 bridgehead atoms. The smallest absolute Gasteiger partial charge is 0.268 e. The van der Waals surface area contributed by atoms with E-state index >= 15 is 0 Å². The summed E-state index contributed by atoms with van der Waals surface area (Å²) in [4.78, 5) is 44.5. The van der Waals surface area contributed by atoms with E-state index in [1.165, 1.54) is 0 Å². The van der Waals surface area contributed by atoms with Gasteiger partial charge in [0.15, 0.2) is 5.82 Å². The minimum absolute atomic E-state index is 0.0183. The van der Waals surface area contributed by atoms with Gasteiger partial charge in [-0.25, -0.2) is 19.5 Å². The van der Waals surface area contributed by atoms with Gasteiger partial charge in [0.2, 0.25) is 11.6 Å². The van der Waals surface area contributed by atoms with Crippen molar-refractivity contribution in [3.63, 3.8) is 0 Å². The van der Waals surface area contributed by atoms with Crippen LogP contribution in [0.2, 0.25) is 0 Å². The Hall–Kier alpha value is -4.42. The molecule has 2 aromatic carbocycles. The van der Waals surface area contributed by atoms with E-state index in [9.17, 15) is 33.8 Å². The lowest BCUT2D eigenvalue weighted by Crippen LogP contribution is -2.20. The van der Waals surface area contributed by atoms with Crippen LogP contribution in [-0.4, -0.2) is 29.4 Å². The minimum atomic E-state index is -1.16. The highest BCUT2D eigenvalue weighted by atomic mass is 19.1. The van der Waals surface area contributed by atoms with Gasteiger partial charge < -0.3 is 0 Å². The highest BCUT2D eigenvalue weighted by molar-refractivity contribution is 5.88. The molecule has 2 heterocycles. The molecule has 13 heteroatoms. The van der Waals surface area contributed by atoms with E-state index in [-0.39, 0.29) is 27.6 Å².